The molecule has 0 atom stereocenters. The third kappa shape index (κ3) is 21.7. The second kappa shape index (κ2) is 20.7. The zero-order chi connectivity index (χ0) is 19.0. The van der Waals surface area contributed by atoms with E-state index in [1.807, 2.05) is 0 Å². The van der Waals surface area contributed by atoms with Gasteiger partial charge in [-0.1, -0.05) is 21.6 Å². The maximum Gasteiger partial charge on any atom is 2.00 e. The summed E-state index contributed by atoms with van der Waals surface area (Å²) < 4.78 is 57.5. The summed E-state index contributed by atoms with van der Waals surface area (Å²) in [5, 5.41) is 16.9. The Morgan fingerprint density at radius 1 is 0.793 bits per heavy atom. The summed E-state index contributed by atoms with van der Waals surface area (Å²) in [6.45, 7) is 0. The minimum absolute atomic E-state index is 0. The van der Waals surface area contributed by atoms with E-state index in [1.165, 1.54) is 0 Å². The Hall–Kier alpha value is 2.07. The number of carboxylic acids is 2. The second-order valence-corrected chi connectivity index (χ2v) is 10.6. The van der Waals surface area contributed by atoms with E-state index in [0.29, 0.717) is 6.42 Å². The van der Waals surface area contributed by atoms with Crippen molar-refractivity contribution in [2.75, 3.05) is 23.0 Å². The van der Waals surface area contributed by atoms with Gasteiger partial charge in [-0.15, -0.1) is 0 Å². The number of rotatable bonds is 9. The van der Waals surface area contributed by atoms with E-state index in [-0.39, 0.29) is 128 Å². The van der Waals surface area contributed by atoms with Crippen LogP contribution in [0.4, 0.5) is 0 Å². The van der Waals surface area contributed by atoms with Crippen LogP contribution in [0, 0.1) is 5.41 Å². The summed E-state index contributed by atoms with van der Waals surface area (Å²) in [5.74, 6) is -2.78. The number of hydrogen-bond donors (Lipinski definition) is 4. The fourth-order valence-electron chi connectivity index (χ4n) is 1.45. The molecule has 1 aliphatic carbocycles. The van der Waals surface area contributed by atoms with Crippen molar-refractivity contribution >= 4 is 113 Å². The average molecular weight is 700 g/mol. The molecular weight excluding hydrogens is 677 g/mol. The first-order chi connectivity index (χ1) is 10.8. The van der Waals surface area contributed by atoms with Crippen LogP contribution in [-0.2, 0) is 50.9 Å². The van der Waals surface area contributed by atoms with Crippen molar-refractivity contribution in [3.63, 3.8) is 0 Å². The van der Waals surface area contributed by atoms with Crippen molar-refractivity contribution in [1.29, 1.82) is 0 Å². The van der Waals surface area contributed by atoms with Gasteiger partial charge in [0.25, 0.3) is 20.2 Å². The van der Waals surface area contributed by atoms with E-state index < -0.39 is 37.6 Å². The Morgan fingerprint density at radius 3 is 1.17 bits per heavy atom. The first-order valence-electron chi connectivity index (χ1n) is 6.42. The van der Waals surface area contributed by atoms with Crippen LogP contribution in [0.5, 0.6) is 0 Å². The third-order valence-corrected chi connectivity index (χ3v) is 7.32. The molecule has 1 fully saturated rings. The quantitative estimate of drug-likeness (QED) is 0.0870. The molecule has 2 radical (unpaired) electrons. The SMILES string of the molecule is O=C(O)C1(C(=O)O)CCC1.O=S(=O)(O)CCSSCCS(=O)(=O)O.[NH2-].[NH2-].[Na].[Na].[Pt+2]. The number of hydrogen-bond acceptors (Lipinski definition) is 8. The van der Waals surface area contributed by atoms with Gasteiger partial charge < -0.3 is 22.5 Å². The van der Waals surface area contributed by atoms with Crippen molar-refractivity contribution in [2.24, 2.45) is 5.41 Å². The molecule has 0 aromatic rings. The van der Waals surface area contributed by atoms with Crippen molar-refractivity contribution < 1.29 is 66.8 Å². The van der Waals surface area contributed by atoms with Crippen LogP contribution < -0.4 is 0 Å². The summed E-state index contributed by atoms with van der Waals surface area (Å²) in [6.07, 6.45) is 1.26. The third-order valence-electron chi connectivity index (χ3n) is 2.96. The van der Waals surface area contributed by atoms with Gasteiger partial charge in [0.05, 0.1) is 11.5 Å². The van der Waals surface area contributed by atoms with Gasteiger partial charge >= 0.3 is 33.0 Å². The molecule has 0 heterocycles. The number of carbonyl (C=O) groups is 2. The van der Waals surface area contributed by atoms with Gasteiger partial charge in [0.1, 0.15) is 0 Å². The Kier molecular flexibility index (Phi) is 31.8. The summed E-state index contributed by atoms with van der Waals surface area (Å²) >= 11 is 0. The van der Waals surface area contributed by atoms with Crippen LogP contribution in [0.15, 0.2) is 0 Å². The Balaban J connectivity index is -0.0000000801. The smallest absolute Gasteiger partial charge is 0.693 e. The maximum absolute atomic E-state index is 10.4. The van der Waals surface area contributed by atoms with Gasteiger partial charge in [-0.05, 0) is 19.3 Å². The summed E-state index contributed by atoms with van der Waals surface area (Å²) in [7, 11) is -5.64. The van der Waals surface area contributed by atoms with Crippen molar-refractivity contribution in [2.45, 2.75) is 19.3 Å². The standard InChI is InChI=1S/C6H8O4.C4H10O6S4.2H2N.2Na.Pt/c7-4(8)6(5(9)10)2-1-3-6;5-13(6,7)3-1-11-12-2-4-14(8,9)10;;;;;/h1-3H2,(H,7,8)(H,9,10);1-4H2,(H,5,6,7)(H,8,9,10);2*1H2;;;/q;;2*-1;;;+2. The molecule has 1 rings (SSSR count). The van der Waals surface area contributed by atoms with Crippen LogP contribution in [0.3, 0.4) is 0 Å². The molecule has 0 spiro atoms. The van der Waals surface area contributed by atoms with Gasteiger partial charge in [-0.25, -0.2) is 0 Å². The zero-order valence-corrected chi connectivity index (χ0v) is 25.3. The molecule has 168 valence electrons. The number of aliphatic carboxylic acids is 2. The van der Waals surface area contributed by atoms with Crippen molar-refractivity contribution in [1.82, 2.24) is 0 Å². The molecule has 19 heteroatoms. The molecule has 29 heavy (non-hydrogen) atoms. The van der Waals surface area contributed by atoms with Gasteiger partial charge in [0, 0.05) is 70.6 Å². The van der Waals surface area contributed by atoms with E-state index in [1.54, 1.807) is 0 Å². The topological polar surface area (TPSA) is 250 Å². The minimum atomic E-state index is -3.94. The first-order valence-corrected chi connectivity index (χ1v) is 12.1. The molecule has 0 amide bonds. The minimum Gasteiger partial charge on any atom is -0.693 e. The Morgan fingerprint density at radius 2 is 1.07 bits per heavy atom. The molecule has 12 nitrogen and oxygen atoms in total. The number of nitrogens with two attached hydrogens (primary N) is 2. The van der Waals surface area contributed by atoms with E-state index in [2.05, 4.69) is 0 Å². The van der Waals surface area contributed by atoms with E-state index in [0.717, 1.165) is 21.6 Å². The summed E-state index contributed by atoms with van der Waals surface area (Å²) in [4.78, 5) is 20.7. The summed E-state index contributed by atoms with van der Waals surface area (Å²) in [6, 6.07) is 0. The first kappa shape index (κ1) is 44.7. The van der Waals surface area contributed by atoms with Gasteiger partial charge in [-0.3, -0.25) is 18.7 Å². The molecule has 0 aliphatic heterocycles. The summed E-state index contributed by atoms with van der Waals surface area (Å²) in [5.41, 5.74) is -1.44. The number of carboxylic acid groups (broad SMARTS) is 2. The van der Waals surface area contributed by atoms with Gasteiger partial charge in [0.2, 0.25) is 0 Å². The molecule has 0 aromatic carbocycles. The van der Waals surface area contributed by atoms with Crippen molar-refractivity contribution in [3.05, 3.63) is 12.3 Å². The second-order valence-electron chi connectivity index (χ2n) is 4.76. The van der Waals surface area contributed by atoms with Crippen LogP contribution >= 0.6 is 21.6 Å². The van der Waals surface area contributed by atoms with Crippen molar-refractivity contribution in [3.8, 4) is 0 Å². The molecular formula is C10H22N2Na2O10PtS4. The fraction of sp³-hybridized carbons (Fsp3) is 0.800. The zero-order valence-electron chi connectivity index (χ0n) is 15.8. The molecule has 0 unspecified atom stereocenters. The molecule has 8 N–H and O–H groups in total. The average Bonchev–Trinajstić information content (AvgIpc) is 2.29. The van der Waals surface area contributed by atoms with E-state index in [9.17, 15) is 26.4 Å². The Bertz CT molecular complexity index is 609. The molecule has 0 aromatic heterocycles. The predicted molar refractivity (Wildman–Crippen MR) is 111 cm³/mol. The van der Waals surface area contributed by atoms with Crippen LogP contribution in [0.2, 0.25) is 0 Å². The van der Waals surface area contributed by atoms with Crippen LogP contribution in [-0.4, -0.2) is 130 Å². The van der Waals surface area contributed by atoms with Crippen LogP contribution in [0.1, 0.15) is 19.3 Å². The molecule has 0 bridgehead atoms. The fourth-order valence-corrected chi connectivity index (χ4v) is 5.84. The predicted octanol–water partition coefficient (Wildman–Crippen LogP) is 1.14. The monoisotopic (exact) mass is 699 g/mol. The normalized spacial score (nSPS) is 13.6. The van der Waals surface area contributed by atoms with Crippen LogP contribution in [0.25, 0.3) is 12.3 Å². The van der Waals surface area contributed by atoms with Gasteiger partial charge in [0.15, 0.2) is 5.41 Å². The molecule has 1 aliphatic rings. The molecule has 1 saturated carbocycles. The Labute approximate surface area is 236 Å². The van der Waals surface area contributed by atoms with E-state index in [4.69, 9.17) is 19.3 Å². The largest absolute Gasteiger partial charge is 2.00 e. The van der Waals surface area contributed by atoms with Gasteiger partial charge in [-0.2, -0.15) is 16.8 Å². The molecule has 0 saturated heterocycles. The van der Waals surface area contributed by atoms with E-state index >= 15 is 0 Å². The maximum atomic E-state index is 10.4.